The van der Waals surface area contributed by atoms with E-state index in [0.29, 0.717) is 36.3 Å². The van der Waals surface area contributed by atoms with Crippen LogP contribution < -0.4 is 4.74 Å². The van der Waals surface area contributed by atoms with Gasteiger partial charge in [0.1, 0.15) is 28.4 Å². The maximum absolute atomic E-state index is 11.8. The predicted molar refractivity (Wildman–Crippen MR) is 165 cm³/mol. The molecule has 0 amide bonds. The Bertz CT molecular complexity index is 1360. The summed E-state index contributed by atoms with van der Waals surface area (Å²) in [5.41, 5.74) is 4.90. The lowest BCUT2D eigenvalue weighted by Gasteiger charge is -2.28. The molecule has 0 heterocycles. The third-order valence-corrected chi connectivity index (χ3v) is 7.94. The van der Waals surface area contributed by atoms with Gasteiger partial charge in [-0.3, -0.25) is 0 Å². The number of aromatic carboxylic acids is 2. The van der Waals surface area contributed by atoms with Crippen molar-refractivity contribution in [3.8, 4) is 17.2 Å². The Balaban J connectivity index is 2.20. The molecule has 0 aliphatic rings. The zero-order valence-corrected chi connectivity index (χ0v) is 25.6. The molecule has 7 nitrogen and oxygen atoms in total. The molecule has 226 valence electrons. The van der Waals surface area contributed by atoms with Crippen LogP contribution in [0.15, 0.2) is 36.4 Å². The van der Waals surface area contributed by atoms with Crippen molar-refractivity contribution in [2.24, 2.45) is 0 Å². The molecular formula is C35H44O7. The van der Waals surface area contributed by atoms with Gasteiger partial charge in [-0.2, -0.15) is 0 Å². The number of carbonyl (C=O) groups is 2. The van der Waals surface area contributed by atoms with Crippen molar-refractivity contribution < 1.29 is 34.8 Å². The first-order valence-corrected chi connectivity index (χ1v) is 14.7. The number of unbranched alkanes of at least 4 members (excludes halogenated alkanes) is 3. The van der Waals surface area contributed by atoms with E-state index in [1.807, 2.05) is 6.92 Å². The first-order chi connectivity index (χ1) is 19.8. The largest absolute Gasteiger partial charge is 0.507 e. The lowest BCUT2D eigenvalue weighted by atomic mass is 9.77. The minimum atomic E-state index is -1.19. The highest BCUT2D eigenvalue weighted by Crippen LogP contribution is 2.38. The number of ether oxygens (including phenoxy) is 1. The van der Waals surface area contributed by atoms with Crippen LogP contribution in [-0.2, 0) is 18.3 Å². The fraction of sp³-hybridized carbons (Fsp3) is 0.429. The summed E-state index contributed by atoms with van der Waals surface area (Å²) in [6, 6.07) is 10.9. The maximum Gasteiger partial charge on any atom is 0.339 e. The monoisotopic (exact) mass is 576 g/mol. The van der Waals surface area contributed by atoms with Crippen LogP contribution in [-0.4, -0.2) is 39.0 Å². The van der Waals surface area contributed by atoms with Gasteiger partial charge in [-0.05, 0) is 83.7 Å². The molecule has 0 aromatic heterocycles. The molecule has 3 aromatic carbocycles. The number of aryl methyl sites for hydroxylation is 2. The summed E-state index contributed by atoms with van der Waals surface area (Å²) in [5.74, 6) is -2.19. The van der Waals surface area contributed by atoms with Crippen molar-refractivity contribution >= 4 is 11.9 Å². The van der Waals surface area contributed by atoms with Gasteiger partial charge in [0.2, 0.25) is 0 Å². The second-order valence-corrected chi connectivity index (χ2v) is 11.8. The van der Waals surface area contributed by atoms with Crippen LogP contribution in [0.4, 0.5) is 0 Å². The zero-order valence-electron chi connectivity index (χ0n) is 25.6. The van der Waals surface area contributed by atoms with Crippen molar-refractivity contribution in [1.82, 2.24) is 0 Å². The van der Waals surface area contributed by atoms with E-state index < -0.39 is 11.9 Å². The van der Waals surface area contributed by atoms with E-state index in [0.717, 1.165) is 53.5 Å². The second-order valence-electron chi connectivity index (χ2n) is 11.8. The number of rotatable bonds is 14. The van der Waals surface area contributed by atoms with Gasteiger partial charge >= 0.3 is 11.9 Å². The standard InChI is InChI=1S/C35H44O7/c1-7-9-10-11-12-35(5,6)27-19-25(15-23-13-21(3)30(36)28(17-23)33(38)39)32(42-8-2)26(20-27)16-24-14-22(4)31(37)29(18-24)34(40)41/h13-14,17-20,36-37H,7-12,15-16H2,1-6H3,(H,38,39)(H,40,41). The SMILES string of the molecule is CCCCCCC(C)(C)c1cc(Cc2cc(C)c(O)c(C(=O)O)c2)c(OCC)c(Cc2cc(C)c(O)c(C(=O)O)c2)c1. The molecule has 0 bridgehead atoms. The van der Waals surface area contributed by atoms with Gasteiger partial charge < -0.3 is 25.2 Å². The Morgan fingerprint density at radius 2 is 1.21 bits per heavy atom. The van der Waals surface area contributed by atoms with Crippen LogP contribution in [0.1, 0.15) is 119 Å². The minimum Gasteiger partial charge on any atom is -0.507 e. The van der Waals surface area contributed by atoms with Crippen LogP contribution in [0.3, 0.4) is 0 Å². The topological polar surface area (TPSA) is 124 Å². The smallest absolute Gasteiger partial charge is 0.339 e. The summed E-state index contributed by atoms with van der Waals surface area (Å²) in [6.07, 6.45) is 6.36. The number of hydrogen-bond donors (Lipinski definition) is 4. The highest BCUT2D eigenvalue weighted by Gasteiger charge is 2.25. The van der Waals surface area contributed by atoms with Gasteiger partial charge in [0, 0.05) is 12.8 Å². The lowest BCUT2D eigenvalue weighted by molar-refractivity contribution is 0.0682. The van der Waals surface area contributed by atoms with E-state index in [1.54, 1.807) is 26.0 Å². The first-order valence-electron chi connectivity index (χ1n) is 14.7. The summed E-state index contributed by atoms with van der Waals surface area (Å²) in [6.45, 7) is 12.3. The van der Waals surface area contributed by atoms with Crippen molar-refractivity contribution in [2.75, 3.05) is 6.61 Å². The molecule has 0 saturated carbocycles. The molecule has 0 saturated heterocycles. The molecular weight excluding hydrogens is 532 g/mol. The molecule has 0 fully saturated rings. The predicted octanol–water partition coefficient (Wildman–Crippen LogP) is 7.94. The van der Waals surface area contributed by atoms with Crippen molar-refractivity contribution in [3.05, 3.63) is 86.5 Å². The number of benzene rings is 3. The summed E-state index contributed by atoms with van der Waals surface area (Å²) in [5, 5.41) is 39.9. The van der Waals surface area contributed by atoms with Crippen LogP contribution >= 0.6 is 0 Å². The average molecular weight is 577 g/mol. The molecule has 0 spiro atoms. The Labute approximate surface area is 248 Å². The van der Waals surface area contributed by atoms with E-state index in [2.05, 4.69) is 32.9 Å². The molecule has 42 heavy (non-hydrogen) atoms. The molecule has 0 unspecified atom stereocenters. The fourth-order valence-electron chi connectivity index (χ4n) is 5.55. The van der Waals surface area contributed by atoms with Gasteiger partial charge in [0.15, 0.2) is 0 Å². The van der Waals surface area contributed by atoms with E-state index in [-0.39, 0.29) is 28.0 Å². The summed E-state index contributed by atoms with van der Waals surface area (Å²) >= 11 is 0. The van der Waals surface area contributed by atoms with E-state index in [4.69, 9.17) is 4.74 Å². The number of carboxylic acids is 2. The van der Waals surface area contributed by atoms with Gasteiger partial charge in [-0.1, -0.05) is 70.7 Å². The molecule has 0 aliphatic heterocycles. The highest BCUT2D eigenvalue weighted by molar-refractivity contribution is 5.92. The zero-order chi connectivity index (χ0) is 31.2. The molecule has 0 atom stereocenters. The summed E-state index contributed by atoms with van der Waals surface area (Å²) in [4.78, 5) is 23.6. The number of carboxylic acid groups (broad SMARTS) is 2. The van der Waals surface area contributed by atoms with Crippen LogP contribution in [0.2, 0.25) is 0 Å². The molecule has 4 N–H and O–H groups in total. The van der Waals surface area contributed by atoms with E-state index in [9.17, 15) is 30.0 Å². The molecule has 0 aliphatic carbocycles. The van der Waals surface area contributed by atoms with Crippen molar-refractivity contribution in [1.29, 1.82) is 0 Å². The number of phenols is 2. The highest BCUT2D eigenvalue weighted by atomic mass is 16.5. The Kier molecular flexibility index (Phi) is 10.7. The number of hydrogen-bond acceptors (Lipinski definition) is 5. The van der Waals surface area contributed by atoms with Crippen LogP contribution in [0, 0.1) is 13.8 Å². The van der Waals surface area contributed by atoms with Gasteiger partial charge in [0.05, 0.1) is 6.61 Å². The third-order valence-electron chi connectivity index (χ3n) is 7.94. The van der Waals surface area contributed by atoms with Gasteiger partial charge in [-0.25, -0.2) is 9.59 Å². The Morgan fingerprint density at radius 3 is 1.62 bits per heavy atom. The van der Waals surface area contributed by atoms with Gasteiger partial charge in [-0.15, -0.1) is 0 Å². The fourth-order valence-corrected chi connectivity index (χ4v) is 5.55. The number of aromatic hydroxyl groups is 2. The molecule has 0 radical (unpaired) electrons. The Hall–Kier alpha value is -4.00. The van der Waals surface area contributed by atoms with Crippen molar-refractivity contribution in [2.45, 2.75) is 91.9 Å². The molecule has 3 aromatic rings. The first kappa shape index (κ1) is 32.5. The normalized spacial score (nSPS) is 11.5. The lowest BCUT2D eigenvalue weighted by Crippen LogP contribution is -2.19. The minimum absolute atomic E-state index is 0.142. The quantitative estimate of drug-likeness (QED) is 0.144. The van der Waals surface area contributed by atoms with E-state index in [1.165, 1.54) is 18.6 Å². The van der Waals surface area contributed by atoms with E-state index >= 15 is 0 Å². The Morgan fingerprint density at radius 1 is 0.738 bits per heavy atom. The second kappa shape index (κ2) is 13.8. The van der Waals surface area contributed by atoms with Crippen LogP contribution in [0.25, 0.3) is 0 Å². The summed E-state index contributed by atoms with van der Waals surface area (Å²) < 4.78 is 6.23. The molecule has 3 rings (SSSR count). The molecule has 7 heteroatoms. The van der Waals surface area contributed by atoms with Crippen molar-refractivity contribution in [3.63, 3.8) is 0 Å². The third kappa shape index (κ3) is 7.64. The maximum atomic E-state index is 11.8. The summed E-state index contributed by atoms with van der Waals surface area (Å²) in [7, 11) is 0. The van der Waals surface area contributed by atoms with Gasteiger partial charge in [0.25, 0.3) is 0 Å². The van der Waals surface area contributed by atoms with Crippen LogP contribution in [0.5, 0.6) is 17.2 Å². The average Bonchev–Trinajstić information content (AvgIpc) is 2.91.